The zero-order chi connectivity index (χ0) is 21.4. The molecule has 0 amide bonds. The molecule has 3 heterocycles. The maximum atomic E-state index is 13.5. The first kappa shape index (κ1) is 18.4. The van der Waals surface area contributed by atoms with Gasteiger partial charge in [0.2, 0.25) is 5.78 Å². The van der Waals surface area contributed by atoms with Crippen molar-refractivity contribution >= 4 is 22.5 Å². The van der Waals surface area contributed by atoms with Crippen molar-refractivity contribution in [2.75, 3.05) is 5.73 Å². The van der Waals surface area contributed by atoms with Gasteiger partial charge in [0, 0.05) is 29.0 Å². The summed E-state index contributed by atoms with van der Waals surface area (Å²) in [7, 11) is 0. The highest BCUT2D eigenvalue weighted by Gasteiger charge is 2.25. The minimum Gasteiger partial charge on any atom is -0.396 e. The molecule has 0 aliphatic rings. The number of anilines is 1. The number of hydrogen-bond donors (Lipinski definition) is 1. The van der Waals surface area contributed by atoms with Crippen LogP contribution in [0.5, 0.6) is 0 Å². The highest BCUT2D eigenvalue weighted by Crippen LogP contribution is 2.34. The molecule has 0 aliphatic carbocycles. The molecule has 6 nitrogen and oxygen atoms in total. The number of carbonyl (C=O) groups excluding carboxylic acids is 1. The summed E-state index contributed by atoms with van der Waals surface area (Å²) in [6.45, 7) is 0. The van der Waals surface area contributed by atoms with E-state index >= 15 is 0 Å². The molecule has 6 heteroatoms. The predicted molar refractivity (Wildman–Crippen MR) is 119 cm³/mol. The number of carbonyl (C=O) groups is 1. The topological polar surface area (TPSA) is 89.6 Å². The van der Waals surface area contributed by atoms with E-state index in [1.165, 1.54) is 0 Å². The summed E-state index contributed by atoms with van der Waals surface area (Å²) in [5.41, 5.74) is 9.32. The second-order valence-electron chi connectivity index (χ2n) is 7.06. The van der Waals surface area contributed by atoms with Crippen LogP contribution in [0.25, 0.3) is 22.5 Å². The average Bonchev–Trinajstić information content (AvgIpc) is 3.45. The first-order valence-electron chi connectivity index (χ1n) is 9.72. The Hall–Kier alpha value is -4.63. The number of para-hydroxylation sites is 1. The number of nitrogen functional groups attached to an aromatic ring is 1. The Kier molecular flexibility index (Phi) is 4.35. The van der Waals surface area contributed by atoms with Crippen LogP contribution in [0.3, 0.4) is 0 Å². The second kappa shape index (κ2) is 7.32. The third kappa shape index (κ3) is 2.96. The molecule has 0 unspecified atom stereocenters. The van der Waals surface area contributed by atoms with Gasteiger partial charge in [-0.25, -0.2) is 4.98 Å². The summed E-state index contributed by atoms with van der Waals surface area (Å²) in [5, 5.41) is 10.3. The van der Waals surface area contributed by atoms with E-state index in [0.717, 1.165) is 5.69 Å². The Balaban J connectivity index is 1.88. The van der Waals surface area contributed by atoms with Gasteiger partial charge in [0.25, 0.3) is 0 Å². The maximum absolute atomic E-state index is 13.5. The summed E-state index contributed by atoms with van der Waals surface area (Å²) in [5.74, 6) is 0.273. The standard InChI is InChI=1S/C25H17N5O/c26-16-18-15-20-21(27)22(23(31)17-9-3-1-4-10-17)30(19-11-5-2-6-12-19)25(20)28-24(18)29-13-7-8-14-29/h1-15H,27H2. The molecule has 0 saturated heterocycles. The van der Waals surface area contributed by atoms with E-state index in [-0.39, 0.29) is 5.78 Å². The van der Waals surface area contributed by atoms with Crippen molar-refractivity contribution in [1.29, 1.82) is 5.26 Å². The molecule has 5 rings (SSSR count). The van der Waals surface area contributed by atoms with E-state index in [9.17, 15) is 10.1 Å². The van der Waals surface area contributed by atoms with Crippen LogP contribution in [0, 0.1) is 11.3 Å². The molecule has 0 aliphatic heterocycles. The van der Waals surface area contributed by atoms with E-state index in [1.54, 1.807) is 27.3 Å². The number of nitriles is 1. The first-order valence-corrected chi connectivity index (χ1v) is 9.72. The number of rotatable bonds is 4. The summed E-state index contributed by atoms with van der Waals surface area (Å²) >= 11 is 0. The fourth-order valence-corrected chi connectivity index (χ4v) is 3.75. The van der Waals surface area contributed by atoms with Crippen molar-refractivity contribution in [3.63, 3.8) is 0 Å². The lowest BCUT2D eigenvalue weighted by atomic mass is 10.1. The van der Waals surface area contributed by atoms with Crippen LogP contribution in [-0.2, 0) is 0 Å². The van der Waals surface area contributed by atoms with Crippen molar-refractivity contribution in [2.45, 2.75) is 0 Å². The van der Waals surface area contributed by atoms with Gasteiger partial charge in [0.05, 0.1) is 11.3 Å². The van der Waals surface area contributed by atoms with Gasteiger partial charge in [0.15, 0.2) is 5.82 Å². The molecule has 0 saturated carbocycles. The highest BCUT2D eigenvalue weighted by atomic mass is 16.1. The van der Waals surface area contributed by atoms with Crippen molar-refractivity contribution in [3.05, 3.63) is 108 Å². The number of ketones is 1. The van der Waals surface area contributed by atoms with Gasteiger partial charge < -0.3 is 10.3 Å². The number of fused-ring (bicyclic) bond motifs is 1. The van der Waals surface area contributed by atoms with Crippen molar-refractivity contribution in [1.82, 2.24) is 14.1 Å². The molecule has 0 fully saturated rings. The molecule has 2 aromatic carbocycles. The molecular weight excluding hydrogens is 386 g/mol. The molecule has 0 radical (unpaired) electrons. The lowest BCUT2D eigenvalue weighted by Gasteiger charge is -2.11. The zero-order valence-corrected chi connectivity index (χ0v) is 16.4. The monoisotopic (exact) mass is 403 g/mol. The fraction of sp³-hybridized carbons (Fsp3) is 0. The van der Waals surface area contributed by atoms with E-state index in [4.69, 9.17) is 10.7 Å². The summed E-state index contributed by atoms with van der Waals surface area (Å²) in [4.78, 5) is 18.3. The van der Waals surface area contributed by atoms with Crippen LogP contribution < -0.4 is 5.73 Å². The van der Waals surface area contributed by atoms with Gasteiger partial charge in [-0.3, -0.25) is 9.36 Å². The Morgan fingerprint density at radius 2 is 1.58 bits per heavy atom. The van der Waals surface area contributed by atoms with Gasteiger partial charge in [-0.15, -0.1) is 0 Å². The molecule has 0 atom stereocenters. The minimum absolute atomic E-state index is 0.207. The average molecular weight is 403 g/mol. The van der Waals surface area contributed by atoms with Crippen molar-refractivity contribution in [2.24, 2.45) is 0 Å². The third-order valence-corrected chi connectivity index (χ3v) is 5.20. The number of nitrogens with two attached hydrogens (primary N) is 1. The Morgan fingerprint density at radius 1 is 0.935 bits per heavy atom. The SMILES string of the molecule is N#Cc1cc2c(N)c(C(=O)c3ccccc3)n(-c3ccccc3)c2nc1-n1cccc1. The smallest absolute Gasteiger partial charge is 0.211 e. The predicted octanol–water partition coefficient (Wildman–Crippen LogP) is 4.50. The van der Waals surface area contributed by atoms with E-state index in [2.05, 4.69) is 6.07 Å². The number of aromatic nitrogens is 3. The molecule has 0 bridgehead atoms. The molecule has 3 aromatic heterocycles. The van der Waals surface area contributed by atoms with Crippen LogP contribution in [0.2, 0.25) is 0 Å². The Morgan fingerprint density at radius 3 is 2.23 bits per heavy atom. The maximum Gasteiger partial charge on any atom is 0.211 e. The molecule has 0 spiro atoms. The molecule has 148 valence electrons. The number of pyridine rings is 1. The number of nitrogens with zero attached hydrogens (tertiary/aromatic N) is 4. The number of benzene rings is 2. The van der Waals surface area contributed by atoms with Gasteiger partial charge in [-0.2, -0.15) is 5.26 Å². The molecule has 5 aromatic rings. The minimum atomic E-state index is -0.207. The normalized spacial score (nSPS) is 10.8. The van der Waals surface area contributed by atoms with Crippen LogP contribution in [0.1, 0.15) is 21.6 Å². The van der Waals surface area contributed by atoms with Crippen molar-refractivity contribution in [3.8, 4) is 17.6 Å². The van der Waals surface area contributed by atoms with E-state index in [1.807, 2.05) is 73.1 Å². The van der Waals surface area contributed by atoms with Crippen LogP contribution in [0.15, 0.2) is 91.3 Å². The number of hydrogen-bond acceptors (Lipinski definition) is 4. The Labute approximate surface area is 178 Å². The van der Waals surface area contributed by atoms with Gasteiger partial charge in [-0.1, -0.05) is 48.5 Å². The van der Waals surface area contributed by atoms with Gasteiger partial charge >= 0.3 is 0 Å². The van der Waals surface area contributed by atoms with Crippen LogP contribution in [0.4, 0.5) is 5.69 Å². The van der Waals surface area contributed by atoms with Crippen LogP contribution in [-0.4, -0.2) is 19.9 Å². The quantitative estimate of drug-likeness (QED) is 0.447. The summed E-state index contributed by atoms with van der Waals surface area (Å²) in [6.07, 6.45) is 3.65. The van der Waals surface area contributed by atoms with Gasteiger partial charge in [0.1, 0.15) is 17.4 Å². The second-order valence-corrected chi connectivity index (χ2v) is 7.06. The molecule has 2 N–H and O–H groups in total. The fourth-order valence-electron chi connectivity index (χ4n) is 3.75. The first-order chi connectivity index (χ1) is 15.2. The summed E-state index contributed by atoms with van der Waals surface area (Å²) < 4.78 is 3.55. The van der Waals surface area contributed by atoms with Gasteiger partial charge in [-0.05, 0) is 30.3 Å². The largest absolute Gasteiger partial charge is 0.396 e. The summed E-state index contributed by atoms with van der Waals surface area (Å²) in [6, 6.07) is 26.1. The third-order valence-electron chi connectivity index (χ3n) is 5.20. The van der Waals surface area contributed by atoms with Crippen molar-refractivity contribution < 1.29 is 4.79 Å². The van der Waals surface area contributed by atoms with E-state index in [0.29, 0.717) is 39.4 Å². The zero-order valence-electron chi connectivity index (χ0n) is 16.4. The Bertz CT molecular complexity index is 1440. The van der Waals surface area contributed by atoms with Crippen LogP contribution >= 0.6 is 0 Å². The highest BCUT2D eigenvalue weighted by molar-refractivity contribution is 6.16. The molecular formula is C25H17N5O. The molecule has 31 heavy (non-hydrogen) atoms. The lowest BCUT2D eigenvalue weighted by molar-refractivity contribution is 0.103. The van der Waals surface area contributed by atoms with E-state index < -0.39 is 0 Å². The lowest BCUT2D eigenvalue weighted by Crippen LogP contribution is -2.11.